The first kappa shape index (κ1) is 11.9. The van der Waals surface area contributed by atoms with Gasteiger partial charge in [-0.15, -0.1) is 0 Å². The SMILES string of the molecule is Fc1cc(F)cc(N2CC3(CCCNCC3)C2)c1. The molecule has 2 fully saturated rings. The molecule has 2 heterocycles. The van der Waals surface area contributed by atoms with Crippen LogP contribution in [0.4, 0.5) is 14.5 Å². The van der Waals surface area contributed by atoms with Crippen LogP contribution in [0.3, 0.4) is 0 Å². The molecule has 1 aromatic rings. The topological polar surface area (TPSA) is 15.3 Å². The maximum Gasteiger partial charge on any atom is 0.128 e. The van der Waals surface area contributed by atoms with E-state index >= 15 is 0 Å². The lowest BCUT2D eigenvalue weighted by molar-refractivity contribution is 0.186. The summed E-state index contributed by atoms with van der Waals surface area (Å²) in [7, 11) is 0. The van der Waals surface area contributed by atoms with Crippen LogP contribution in [0.2, 0.25) is 0 Å². The van der Waals surface area contributed by atoms with Crippen LogP contribution in [0.15, 0.2) is 18.2 Å². The summed E-state index contributed by atoms with van der Waals surface area (Å²) in [4.78, 5) is 2.08. The minimum Gasteiger partial charge on any atom is -0.370 e. The number of hydrogen-bond donors (Lipinski definition) is 1. The first-order valence-corrected chi connectivity index (χ1v) is 6.59. The molecule has 2 aliphatic heterocycles. The summed E-state index contributed by atoms with van der Waals surface area (Å²) in [6.45, 7) is 4.01. The van der Waals surface area contributed by atoms with Crippen LogP contribution in [0.25, 0.3) is 0 Å². The predicted molar refractivity (Wildman–Crippen MR) is 67.7 cm³/mol. The van der Waals surface area contributed by atoms with Gasteiger partial charge in [0.1, 0.15) is 11.6 Å². The van der Waals surface area contributed by atoms with Gasteiger partial charge in [-0.3, -0.25) is 0 Å². The summed E-state index contributed by atoms with van der Waals surface area (Å²) in [5.74, 6) is -0.984. The molecule has 0 radical (unpaired) electrons. The van der Waals surface area contributed by atoms with Crippen molar-refractivity contribution < 1.29 is 8.78 Å². The van der Waals surface area contributed by atoms with Crippen molar-refractivity contribution in [3.63, 3.8) is 0 Å². The molecule has 3 rings (SSSR count). The van der Waals surface area contributed by atoms with Crippen molar-refractivity contribution in [1.29, 1.82) is 0 Å². The average molecular weight is 252 g/mol. The van der Waals surface area contributed by atoms with Crippen molar-refractivity contribution in [2.24, 2.45) is 5.41 Å². The molecular formula is C14H18F2N2. The quantitative estimate of drug-likeness (QED) is 0.826. The summed E-state index contributed by atoms with van der Waals surface area (Å²) >= 11 is 0. The highest BCUT2D eigenvalue weighted by atomic mass is 19.1. The smallest absolute Gasteiger partial charge is 0.128 e. The van der Waals surface area contributed by atoms with Crippen molar-refractivity contribution >= 4 is 5.69 Å². The zero-order valence-corrected chi connectivity index (χ0v) is 10.4. The zero-order valence-electron chi connectivity index (χ0n) is 10.4. The van der Waals surface area contributed by atoms with Gasteiger partial charge in [0.25, 0.3) is 0 Å². The van der Waals surface area contributed by atoms with E-state index in [0.717, 1.165) is 32.2 Å². The van der Waals surface area contributed by atoms with Crippen LogP contribution in [0.5, 0.6) is 0 Å². The number of anilines is 1. The third kappa shape index (κ3) is 2.21. The molecule has 98 valence electrons. The van der Waals surface area contributed by atoms with Gasteiger partial charge in [0.05, 0.1) is 0 Å². The van der Waals surface area contributed by atoms with Gasteiger partial charge in [-0.1, -0.05) is 0 Å². The highest BCUT2D eigenvalue weighted by Gasteiger charge is 2.42. The van der Waals surface area contributed by atoms with Crippen LogP contribution in [0, 0.1) is 17.0 Å². The molecule has 1 aromatic carbocycles. The first-order chi connectivity index (χ1) is 8.67. The average Bonchev–Trinajstić information content (AvgIpc) is 2.50. The van der Waals surface area contributed by atoms with Crippen molar-refractivity contribution in [2.45, 2.75) is 19.3 Å². The van der Waals surface area contributed by atoms with Crippen LogP contribution in [-0.2, 0) is 0 Å². The molecule has 2 saturated heterocycles. The Morgan fingerprint density at radius 3 is 2.44 bits per heavy atom. The van der Waals surface area contributed by atoms with E-state index in [0.29, 0.717) is 11.1 Å². The van der Waals surface area contributed by atoms with E-state index in [2.05, 4.69) is 10.2 Å². The molecule has 0 aromatic heterocycles. The van der Waals surface area contributed by atoms with Gasteiger partial charge >= 0.3 is 0 Å². The Hall–Kier alpha value is -1.16. The maximum absolute atomic E-state index is 13.2. The van der Waals surface area contributed by atoms with Crippen LogP contribution in [-0.4, -0.2) is 26.2 Å². The lowest BCUT2D eigenvalue weighted by Gasteiger charge is -2.51. The van der Waals surface area contributed by atoms with Crippen molar-refractivity contribution in [3.8, 4) is 0 Å². The molecule has 4 heteroatoms. The molecular weight excluding hydrogens is 234 g/mol. The van der Waals surface area contributed by atoms with Crippen LogP contribution in [0.1, 0.15) is 19.3 Å². The largest absolute Gasteiger partial charge is 0.370 e. The normalized spacial score (nSPS) is 22.7. The highest BCUT2D eigenvalue weighted by Crippen LogP contribution is 2.41. The molecule has 18 heavy (non-hydrogen) atoms. The fourth-order valence-corrected chi connectivity index (χ4v) is 3.18. The van der Waals surface area contributed by atoms with Gasteiger partial charge < -0.3 is 10.2 Å². The Labute approximate surface area is 106 Å². The second-order valence-electron chi connectivity index (χ2n) is 5.59. The molecule has 0 saturated carbocycles. The number of rotatable bonds is 1. The number of hydrogen-bond acceptors (Lipinski definition) is 2. The minimum absolute atomic E-state index is 0.367. The fourth-order valence-electron chi connectivity index (χ4n) is 3.18. The predicted octanol–water partition coefficient (Wildman–Crippen LogP) is 2.54. The Bertz CT molecular complexity index is 411. The van der Waals surface area contributed by atoms with Gasteiger partial charge in [0.2, 0.25) is 0 Å². The third-order valence-corrected chi connectivity index (χ3v) is 4.16. The van der Waals surface area contributed by atoms with E-state index in [1.807, 2.05) is 0 Å². The van der Waals surface area contributed by atoms with Gasteiger partial charge in [-0.2, -0.15) is 0 Å². The lowest BCUT2D eigenvalue weighted by Crippen LogP contribution is -2.56. The molecule has 1 spiro atoms. The molecule has 0 aliphatic carbocycles. The van der Waals surface area contributed by atoms with Gasteiger partial charge in [0, 0.05) is 30.3 Å². The third-order valence-electron chi connectivity index (χ3n) is 4.16. The second kappa shape index (κ2) is 4.50. The maximum atomic E-state index is 13.2. The van der Waals surface area contributed by atoms with Crippen LogP contribution < -0.4 is 10.2 Å². The molecule has 1 N–H and O–H groups in total. The first-order valence-electron chi connectivity index (χ1n) is 6.59. The molecule has 2 nitrogen and oxygen atoms in total. The Balaban J connectivity index is 1.70. The highest BCUT2D eigenvalue weighted by molar-refractivity contribution is 5.50. The number of halogens is 2. The number of benzene rings is 1. The standard InChI is InChI=1S/C14H18F2N2/c15-11-6-12(16)8-13(7-11)18-9-14(10-18)2-1-4-17-5-3-14/h6-8,17H,1-5,9-10H2. The molecule has 0 unspecified atom stereocenters. The van der Waals surface area contributed by atoms with E-state index in [4.69, 9.17) is 0 Å². The monoisotopic (exact) mass is 252 g/mol. The Morgan fingerprint density at radius 1 is 1.00 bits per heavy atom. The van der Waals surface area contributed by atoms with E-state index in [1.165, 1.54) is 31.4 Å². The summed E-state index contributed by atoms with van der Waals surface area (Å²) in [5, 5.41) is 3.40. The van der Waals surface area contributed by atoms with E-state index in [-0.39, 0.29) is 0 Å². The van der Waals surface area contributed by atoms with Crippen molar-refractivity contribution in [1.82, 2.24) is 5.32 Å². The molecule has 0 bridgehead atoms. The van der Waals surface area contributed by atoms with Gasteiger partial charge in [0.15, 0.2) is 0 Å². The Morgan fingerprint density at radius 2 is 1.72 bits per heavy atom. The minimum atomic E-state index is -0.492. The molecule has 0 amide bonds. The lowest BCUT2D eigenvalue weighted by atomic mass is 9.73. The van der Waals surface area contributed by atoms with Crippen molar-refractivity contribution in [2.75, 3.05) is 31.1 Å². The van der Waals surface area contributed by atoms with Gasteiger partial charge in [-0.05, 0) is 44.5 Å². The van der Waals surface area contributed by atoms with Gasteiger partial charge in [-0.25, -0.2) is 8.78 Å². The summed E-state index contributed by atoms with van der Waals surface area (Å²) in [6, 6.07) is 3.77. The van der Waals surface area contributed by atoms with Crippen LogP contribution >= 0.6 is 0 Å². The summed E-state index contributed by atoms with van der Waals surface area (Å²) in [5.41, 5.74) is 1.04. The molecule has 0 atom stereocenters. The number of nitrogens with one attached hydrogen (secondary N) is 1. The summed E-state index contributed by atoms with van der Waals surface area (Å²) in [6.07, 6.45) is 3.58. The van der Waals surface area contributed by atoms with E-state index in [1.54, 1.807) is 0 Å². The van der Waals surface area contributed by atoms with E-state index in [9.17, 15) is 8.78 Å². The number of nitrogens with zero attached hydrogens (tertiary/aromatic N) is 1. The fraction of sp³-hybridized carbons (Fsp3) is 0.571. The Kier molecular flexibility index (Phi) is 2.98. The summed E-state index contributed by atoms with van der Waals surface area (Å²) < 4.78 is 26.3. The van der Waals surface area contributed by atoms with Crippen molar-refractivity contribution in [3.05, 3.63) is 29.8 Å². The molecule has 2 aliphatic rings. The zero-order chi connectivity index (χ0) is 12.6. The van der Waals surface area contributed by atoms with E-state index < -0.39 is 11.6 Å². The second-order valence-corrected chi connectivity index (χ2v) is 5.59.